The Morgan fingerprint density at radius 2 is 1.69 bits per heavy atom. The highest BCUT2D eigenvalue weighted by Crippen LogP contribution is 2.47. The molecule has 0 aromatic heterocycles. The van der Waals surface area contributed by atoms with Gasteiger partial charge in [0.25, 0.3) is 5.91 Å². The van der Waals surface area contributed by atoms with Gasteiger partial charge in [-0.1, -0.05) is 42.5 Å². The molecule has 1 atom stereocenters. The Kier molecular flexibility index (Phi) is 4.23. The quantitative estimate of drug-likeness (QED) is 0.903. The minimum atomic E-state index is -0.501. The smallest absolute Gasteiger partial charge is 0.256 e. The number of nitrogens with zero attached hydrogens (tertiary/aromatic N) is 1. The maximum atomic E-state index is 13.9. The molecule has 2 amide bonds. The van der Waals surface area contributed by atoms with E-state index in [1.807, 2.05) is 18.2 Å². The molecule has 2 aromatic carbocycles. The molecule has 0 aliphatic carbocycles. The number of hydrogen-bond acceptors (Lipinski definition) is 2. The molecule has 2 heterocycles. The van der Waals surface area contributed by atoms with Crippen molar-refractivity contribution in [3.8, 4) is 0 Å². The van der Waals surface area contributed by atoms with E-state index >= 15 is 0 Å². The second-order valence-corrected chi connectivity index (χ2v) is 7.10. The Balaban J connectivity index is 1.54. The number of amides is 2. The van der Waals surface area contributed by atoms with E-state index in [2.05, 4.69) is 17.4 Å². The molecular weight excluding hydrogens is 331 g/mol. The maximum absolute atomic E-state index is 13.9. The summed E-state index contributed by atoms with van der Waals surface area (Å²) in [6.45, 7) is 1.55. The Morgan fingerprint density at radius 3 is 2.38 bits per heavy atom. The van der Waals surface area contributed by atoms with E-state index in [1.54, 1.807) is 17.0 Å². The first kappa shape index (κ1) is 16.8. The van der Waals surface area contributed by atoms with E-state index in [0.717, 1.165) is 5.56 Å². The van der Waals surface area contributed by atoms with Crippen molar-refractivity contribution in [1.82, 2.24) is 10.2 Å². The van der Waals surface area contributed by atoms with Crippen LogP contribution in [-0.4, -0.2) is 36.3 Å². The molecule has 2 aromatic rings. The van der Waals surface area contributed by atoms with Crippen molar-refractivity contribution in [2.75, 3.05) is 19.6 Å². The van der Waals surface area contributed by atoms with E-state index in [4.69, 9.17) is 0 Å². The number of nitrogens with one attached hydrogen (secondary N) is 1. The van der Waals surface area contributed by atoms with Gasteiger partial charge in [-0.05, 0) is 30.5 Å². The lowest BCUT2D eigenvalue weighted by molar-refractivity contribution is -0.130. The van der Waals surface area contributed by atoms with Gasteiger partial charge >= 0.3 is 0 Å². The third-order valence-electron chi connectivity index (χ3n) is 5.84. The number of hydrogen-bond donors (Lipinski definition) is 1. The van der Waals surface area contributed by atoms with Gasteiger partial charge in [0.15, 0.2) is 0 Å². The summed E-state index contributed by atoms with van der Waals surface area (Å²) >= 11 is 0. The predicted molar refractivity (Wildman–Crippen MR) is 96.2 cm³/mol. The Bertz CT molecular complexity index is 829. The highest BCUT2D eigenvalue weighted by molar-refractivity contribution is 5.95. The van der Waals surface area contributed by atoms with E-state index in [-0.39, 0.29) is 23.3 Å². The van der Waals surface area contributed by atoms with Gasteiger partial charge in [0.2, 0.25) is 5.91 Å². The standard InChI is InChI=1S/C21H21FN2O2/c22-18-9-5-4-8-16(18)19(25)24-12-10-21(11-13-24)17(14-23-20(21)26)15-6-2-1-3-7-15/h1-9,17H,10-14H2,(H,23,26)/t17-/m1/s1. The molecule has 4 rings (SSSR count). The van der Waals surface area contributed by atoms with Crippen LogP contribution in [0.3, 0.4) is 0 Å². The fraction of sp³-hybridized carbons (Fsp3) is 0.333. The minimum absolute atomic E-state index is 0.0735. The van der Waals surface area contributed by atoms with Gasteiger partial charge in [0.05, 0.1) is 11.0 Å². The molecule has 4 nitrogen and oxygen atoms in total. The molecule has 0 saturated carbocycles. The monoisotopic (exact) mass is 352 g/mol. The summed E-state index contributed by atoms with van der Waals surface area (Å²) in [4.78, 5) is 27.0. The van der Waals surface area contributed by atoms with Gasteiger partial charge in [-0.2, -0.15) is 0 Å². The molecule has 5 heteroatoms. The first-order chi connectivity index (χ1) is 12.6. The van der Waals surface area contributed by atoms with Crippen molar-refractivity contribution < 1.29 is 14.0 Å². The lowest BCUT2D eigenvalue weighted by Crippen LogP contribution is -2.48. The zero-order valence-corrected chi connectivity index (χ0v) is 14.5. The highest BCUT2D eigenvalue weighted by atomic mass is 19.1. The first-order valence-electron chi connectivity index (χ1n) is 8.99. The fourth-order valence-electron chi connectivity index (χ4n) is 4.34. The summed E-state index contributed by atoms with van der Waals surface area (Å²) in [5.41, 5.74) is 0.770. The third-order valence-corrected chi connectivity index (χ3v) is 5.84. The highest BCUT2D eigenvalue weighted by Gasteiger charge is 2.52. The van der Waals surface area contributed by atoms with E-state index < -0.39 is 11.2 Å². The molecule has 2 aliphatic heterocycles. The summed E-state index contributed by atoms with van der Waals surface area (Å²) in [5.74, 6) is -0.613. The first-order valence-corrected chi connectivity index (χ1v) is 8.99. The summed E-state index contributed by atoms with van der Waals surface area (Å²) < 4.78 is 13.9. The molecule has 26 heavy (non-hydrogen) atoms. The molecular formula is C21H21FN2O2. The van der Waals surface area contributed by atoms with Crippen molar-refractivity contribution in [3.63, 3.8) is 0 Å². The number of rotatable bonds is 2. The summed E-state index contributed by atoms with van der Waals surface area (Å²) in [5, 5.41) is 3.01. The van der Waals surface area contributed by atoms with Gasteiger partial charge in [-0.25, -0.2) is 4.39 Å². The summed E-state index contributed by atoms with van der Waals surface area (Å²) in [7, 11) is 0. The molecule has 0 unspecified atom stereocenters. The van der Waals surface area contributed by atoms with Crippen molar-refractivity contribution in [1.29, 1.82) is 0 Å². The average molecular weight is 352 g/mol. The molecule has 2 saturated heterocycles. The molecule has 2 fully saturated rings. The van der Waals surface area contributed by atoms with Crippen molar-refractivity contribution in [3.05, 3.63) is 71.5 Å². The average Bonchev–Trinajstić information content (AvgIpc) is 2.99. The molecule has 134 valence electrons. The second kappa shape index (κ2) is 6.56. The van der Waals surface area contributed by atoms with Crippen LogP contribution >= 0.6 is 0 Å². The van der Waals surface area contributed by atoms with Crippen LogP contribution in [0.25, 0.3) is 0 Å². The zero-order valence-electron chi connectivity index (χ0n) is 14.5. The van der Waals surface area contributed by atoms with Crippen molar-refractivity contribution in [2.24, 2.45) is 5.41 Å². The van der Waals surface area contributed by atoms with Crippen LogP contribution in [0.1, 0.15) is 34.7 Å². The molecule has 2 aliphatic rings. The summed E-state index contributed by atoms with van der Waals surface area (Å²) in [6, 6.07) is 16.1. The number of halogens is 1. The largest absolute Gasteiger partial charge is 0.355 e. The third kappa shape index (κ3) is 2.68. The fourth-order valence-corrected chi connectivity index (χ4v) is 4.34. The zero-order chi connectivity index (χ0) is 18.1. The van der Waals surface area contributed by atoms with Gasteiger partial charge in [-0.15, -0.1) is 0 Å². The lowest BCUT2D eigenvalue weighted by Gasteiger charge is -2.41. The van der Waals surface area contributed by atoms with Crippen LogP contribution in [-0.2, 0) is 4.79 Å². The van der Waals surface area contributed by atoms with Gasteiger partial charge < -0.3 is 10.2 Å². The number of piperidine rings is 1. The molecule has 0 bridgehead atoms. The van der Waals surface area contributed by atoms with Crippen molar-refractivity contribution >= 4 is 11.8 Å². The van der Waals surface area contributed by atoms with E-state index in [9.17, 15) is 14.0 Å². The van der Waals surface area contributed by atoms with E-state index in [0.29, 0.717) is 32.5 Å². The van der Waals surface area contributed by atoms with Crippen LogP contribution in [0.4, 0.5) is 4.39 Å². The van der Waals surface area contributed by atoms with Crippen LogP contribution in [0.15, 0.2) is 54.6 Å². The van der Waals surface area contributed by atoms with Crippen LogP contribution in [0, 0.1) is 11.2 Å². The summed E-state index contributed by atoms with van der Waals surface area (Å²) in [6.07, 6.45) is 1.19. The maximum Gasteiger partial charge on any atom is 0.256 e. The van der Waals surface area contributed by atoms with Gasteiger partial charge in [0.1, 0.15) is 5.82 Å². The Labute approximate surface area is 152 Å². The van der Waals surface area contributed by atoms with Gasteiger partial charge in [-0.3, -0.25) is 9.59 Å². The number of carbonyl (C=O) groups is 2. The normalized spacial score (nSPS) is 21.7. The predicted octanol–water partition coefficient (Wildman–Crippen LogP) is 2.96. The topological polar surface area (TPSA) is 49.4 Å². The second-order valence-electron chi connectivity index (χ2n) is 7.10. The van der Waals surface area contributed by atoms with Crippen molar-refractivity contribution in [2.45, 2.75) is 18.8 Å². The molecule has 1 N–H and O–H groups in total. The molecule has 1 spiro atoms. The SMILES string of the molecule is O=C(c1ccccc1F)N1CCC2(CC1)C(=O)NC[C@@H]2c1ccccc1. The Hall–Kier alpha value is -2.69. The number of benzene rings is 2. The van der Waals surface area contributed by atoms with Crippen LogP contribution in [0.5, 0.6) is 0 Å². The molecule has 0 radical (unpaired) electrons. The number of carbonyl (C=O) groups excluding carboxylic acids is 2. The number of likely N-dealkylation sites (tertiary alicyclic amines) is 1. The van der Waals surface area contributed by atoms with Crippen LogP contribution in [0.2, 0.25) is 0 Å². The van der Waals surface area contributed by atoms with E-state index in [1.165, 1.54) is 12.1 Å². The Morgan fingerprint density at radius 1 is 1.04 bits per heavy atom. The van der Waals surface area contributed by atoms with Crippen LogP contribution < -0.4 is 5.32 Å². The minimum Gasteiger partial charge on any atom is -0.355 e. The van der Waals surface area contributed by atoms with Gasteiger partial charge in [0, 0.05) is 25.6 Å². The lowest BCUT2D eigenvalue weighted by atomic mass is 9.68.